The third kappa shape index (κ3) is 3.57. The largest absolute Gasteiger partial charge is 0.321 e. The van der Waals surface area contributed by atoms with Crippen LogP contribution in [0.3, 0.4) is 0 Å². The fourth-order valence-electron chi connectivity index (χ4n) is 1.87. The summed E-state index contributed by atoms with van der Waals surface area (Å²) in [7, 11) is 0. The average molecular weight is 274 g/mol. The topological polar surface area (TPSA) is 76.0 Å². The highest BCUT2D eigenvalue weighted by Crippen LogP contribution is 2.11. The summed E-state index contributed by atoms with van der Waals surface area (Å²) in [5, 5.41) is 0. The Balaban J connectivity index is 1.87. The predicted molar refractivity (Wildman–Crippen MR) is 75.5 cm³/mol. The van der Waals surface area contributed by atoms with Gasteiger partial charge < -0.3 is 4.57 Å². The molecule has 2 amide bonds. The zero-order valence-electron chi connectivity index (χ0n) is 11.4. The number of nitrogens with one attached hydrogen (secondary N) is 2. The molecule has 0 radical (unpaired) electrons. The smallest absolute Gasteiger partial charge is 0.258 e. The number of carbonyl (C=O) groups is 2. The maximum absolute atomic E-state index is 11.8. The maximum atomic E-state index is 11.8. The van der Waals surface area contributed by atoms with Crippen molar-refractivity contribution in [2.75, 3.05) is 0 Å². The van der Waals surface area contributed by atoms with Crippen molar-refractivity contribution in [3.8, 4) is 0 Å². The zero-order valence-corrected chi connectivity index (χ0v) is 11.4. The first kappa shape index (κ1) is 14.0. The van der Waals surface area contributed by atoms with E-state index in [1.807, 2.05) is 31.2 Å². The van der Waals surface area contributed by atoms with E-state index in [0.717, 1.165) is 23.9 Å². The van der Waals surface area contributed by atoms with Crippen LogP contribution in [0.5, 0.6) is 0 Å². The van der Waals surface area contributed by atoms with E-state index < -0.39 is 0 Å². The molecule has 1 heterocycles. The third-order valence-electron chi connectivity index (χ3n) is 2.94. The Morgan fingerprint density at radius 2 is 1.95 bits per heavy atom. The lowest BCUT2D eigenvalue weighted by molar-refractivity contribution is -0.129. The summed E-state index contributed by atoms with van der Waals surface area (Å²) in [6.07, 6.45) is 3.80. The number of fused-ring (bicyclic) bond motifs is 1. The second-order valence-electron chi connectivity index (χ2n) is 4.56. The normalized spacial score (nSPS) is 10.4. The SMILES string of the molecule is CCCCC(=O)NNC(=O)Cn1cnc2ccccc21. The highest BCUT2D eigenvalue weighted by atomic mass is 16.2. The number of unbranched alkanes of at least 4 members (excludes halogenated alkanes) is 1. The van der Waals surface area contributed by atoms with Gasteiger partial charge in [0.25, 0.3) is 5.91 Å². The van der Waals surface area contributed by atoms with Gasteiger partial charge in [-0.1, -0.05) is 25.5 Å². The summed E-state index contributed by atoms with van der Waals surface area (Å²) in [6.45, 7) is 2.13. The van der Waals surface area contributed by atoms with Crippen LogP contribution in [0.25, 0.3) is 11.0 Å². The van der Waals surface area contributed by atoms with Crippen LogP contribution in [0.15, 0.2) is 30.6 Å². The molecule has 0 bridgehead atoms. The number of nitrogens with zero attached hydrogens (tertiary/aromatic N) is 2. The van der Waals surface area contributed by atoms with Crippen LogP contribution in [-0.2, 0) is 16.1 Å². The first-order chi connectivity index (χ1) is 9.70. The number of para-hydroxylation sites is 2. The monoisotopic (exact) mass is 274 g/mol. The van der Waals surface area contributed by atoms with E-state index in [2.05, 4.69) is 15.8 Å². The van der Waals surface area contributed by atoms with Gasteiger partial charge in [0.2, 0.25) is 5.91 Å². The van der Waals surface area contributed by atoms with Gasteiger partial charge in [-0.15, -0.1) is 0 Å². The van der Waals surface area contributed by atoms with Crippen molar-refractivity contribution in [2.24, 2.45) is 0 Å². The van der Waals surface area contributed by atoms with E-state index in [-0.39, 0.29) is 18.4 Å². The number of amides is 2. The number of hydrogen-bond donors (Lipinski definition) is 2. The maximum Gasteiger partial charge on any atom is 0.258 e. The summed E-state index contributed by atoms with van der Waals surface area (Å²) in [5.74, 6) is -0.450. The molecule has 0 saturated heterocycles. The van der Waals surface area contributed by atoms with Crippen LogP contribution < -0.4 is 10.9 Å². The number of benzene rings is 1. The van der Waals surface area contributed by atoms with Gasteiger partial charge in [-0.3, -0.25) is 20.4 Å². The molecule has 106 valence electrons. The Morgan fingerprint density at radius 1 is 1.20 bits per heavy atom. The number of carbonyl (C=O) groups excluding carboxylic acids is 2. The van der Waals surface area contributed by atoms with Crippen LogP contribution in [0, 0.1) is 0 Å². The molecule has 0 aliphatic carbocycles. The van der Waals surface area contributed by atoms with Crippen LogP contribution in [0.1, 0.15) is 26.2 Å². The van der Waals surface area contributed by atoms with Crippen molar-refractivity contribution in [3.63, 3.8) is 0 Å². The lowest BCUT2D eigenvalue weighted by atomic mass is 10.2. The molecule has 6 nitrogen and oxygen atoms in total. The molecular formula is C14H18N4O2. The van der Waals surface area contributed by atoms with Crippen LogP contribution in [0.2, 0.25) is 0 Å². The molecule has 2 rings (SSSR count). The van der Waals surface area contributed by atoms with Gasteiger partial charge in [-0.25, -0.2) is 4.98 Å². The first-order valence-electron chi connectivity index (χ1n) is 6.68. The standard InChI is InChI=1S/C14H18N4O2/c1-2-3-8-13(19)16-17-14(20)9-18-10-15-11-6-4-5-7-12(11)18/h4-7,10H,2-3,8-9H2,1H3,(H,16,19)(H,17,20). The highest BCUT2D eigenvalue weighted by Gasteiger charge is 2.07. The van der Waals surface area contributed by atoms with Gasteiger partial charge >= 0.3 is 0 Å². The molecule has 2 N–H and O–H groups in total. The summed E-state index contributed by atoms with van der Waals surface area (Å²) < 4.78 is 1.74. The van der Waals surface area contributed by atoms with E-state index >= 15 is 0 Å². The first-order valence-corrected chi connectivity index (χ1v) is 6.68. The molecule has 1 aromatic heterocycles. The summed E-state index contributed by atoms with van der Waals surface area (Å²) >= 11 is 0. The quantitative estimate of drug-likeness (QED) is 0.809. The van der Waals surface area contributed by atoms with E-state index in [9.17, 15) is 9.59 Å². The second kappa shape index (κ2) is 6.70. The third-order valence-corrected chi connectivity index (χ3v) is 2.94. The summed E-state index contributed by atoms with van der Waals surface area (Å²) in [4.78, 5) is 27.3. The predicted octanol–water partition coefficient (Wildman–Crippen LogP) is 1.37. The van der Waals surface area contributed by atoms with Crippen LogP contribution in [-0.4, -0.2) is 21.4 Å². The Labute approximate surface area is 117 Å². The summed E-state index contributed by atoms with van der Waals surface area (Å²) in [5.41, 5.74) is 6.54. The molecule has 20 heavy (non-hydrogen) atoms. The lowest BCUT2D eigenvalue weighted by Crippen LogP contribution is -2.43. The fraction of sp³-hybridized carbons (Fsp3) is 0.357. The minimum absolute atomic E-state index is 0.120. The second-order valence-corrected chi connectivity index (χ2v) is 4.56. The van der Waals surface area contributed by atoms with Crippen molar-refractivity contribution in [1.29, 1.82) is 0 Å². The number of imidazole rings is 1. The lowest BCUT2D eigenvalue weighted by Gasteiger charge is -2.08. The van der Waals surface area contributed by atoms with Gasteiger partial charge in [0, 0.05) is 6.42 Å². The molecule has 0 saturated carbocycles. The number of rotatable bonds is 5. The average Bonchev–Trinajstić information content (AvgIpc) is 2.86. The van der Waals surface area contributed by atoms with Gasteiger partial charge in [0.1, 0.15) is 6.54 Å². The van der Waals surface area contributed by atoms with Gasteiger partial charge in [0.05, 0.1) is 17.4 Å². The number of aromatic nitrogens is 2. The van der Waals surface area contributed by atoms with Crippen molar-refractivity contribution in [2.45, 2.75) is 32.7 Å². The van der Waals surface area contributed by atoms with Crippen LogP contribution >= 0.6 is 0 Å². The van der Waals surface area contributed by atoms with Gasteiger partial charge in [-0.2, -0.15) is 0 Å². The Kier molecular flexibility index (Phi) is 4.70. The summed E-state index contributed by atoms with van der Waals surface area (Å²) in [6, 6.07) is 7.57. The van der Waals surface area contributed by atoms with E-state index in [1.54, 1.807) is 10.9 Å². The van der Waals surface area contributed by atoms with Crippen molar-refractivity contribution >= 4 is 22.8 Å². The molecule has 2 aromatic rings. The molecule has 0 atom stereocenters. The minimum Gasteiger partial charge on any atom is -0.321 e. The Hall–Kier alpha value is -2.37. The molecule has 0 fully saturated rings. The Bertz CT molecular complexity index is 606. The number of hydrazine groups is 1. The molecule has 0 aliphatic rings. The highest BCUT2D eigenvalue weighted by molar-refractivity contribution is 5.83. The van der Waals surface area contributed by atoms with Crippen molar-refractivity contribution in [3.05, 3.63) is 30.6 Å². The fourth-order valence-corrected chi connectivity index (χ4v) is 1.87. The van der Waals surface area contributed by atoms with E-state index in [1.165, 1.54) is 0 Å². The Morgan fingerprint density at radius 3 is 2.75 bits per heavy atom. The van der Waals surface area contributed by atoms with E-state index in [0.29, 0.717) is 6.42 Å². The van der Waals surface area contributed by atoms with Crippen LogP contribution in [0.4, 0.5) is 0 Å². The van der Waals surface area contributed by atoms with E-state index in [4.69, 9.17) is 0 Å². The minimum atomic E-state index is -0.280. The molecular weight excluding hydrogens is 256 g/mol. The number of hydrogen-bond acceptors (Lipinski definition) is 3. The molecule has 0 unspecified atom stereocenters. The van der Waals surface area contributed by atoms with Gasteiger partial charge in [-0.05, 0) is 18.6 Å². The molecule has 0 spiro atoms. The zero-order chi connectivity index (χ0) is 14.4. The van der Waals surface area contributed by atoms with Crippen molar-refractivity contribution < 1.29 is 9.59 Å². The van der Waals surface area contributed by atoms with Crippen molar-refractivity contribution in [1.82, 2.24) is 20.4 Å². The molecule has 1 aromatic carbocycles. The van der Waals surface area contributed by atoms with Gasteiger partial charge in [0.15, 0.2) is 0 Å². The molecule has 0 aliphatic heterocycles. The molecule has 6 heteroatoms.